The highest BCUT2D eigenvalue weighted by Gasteiger charge is 2.34. The van der Waals surface area contributed by atoms with Crippen molar-refractivity contribution < 1.29 is 9.53 Å². The van der Waals surface area contributed by atoms with E-state index in [0.29, 0.717) is 5.92 Å². The summed E-state index contributed by atoms with van der Waals surface area (Å²) in [6, 6.07) is 8.28. The van der Waals surface area contributed by atoms with E-state index in [1.807, 2.05) is 28.8 Å². The first-order chi connectivity index (χ1) is 10.3. The fourth-order valence-corrected chi connectivity index (χ4v) is 3.61. The van der Waals surface area contributed by atoms with Crippen molar-refractivity contribution in [1.29, 1.82) is 0 Å². The SMILES string of the molecule is COc1ccc([C@@H](NC(=O)N2CCSCC2)C2CC2)cc1. The first kappa shape index (κ1) is 14.6. The Morgan fingerprint density at radius 1 is 1.29 bits per heavy atom. The molecule has 1 aliphatic heterocycles. The molecule has 114 valence electrons. The van der Waals surface area contributed by atoms with Crippen LogP contribution >= 0.6 is 11.8 Å². The number of thioether (sulfide) groups is 1. The molecule has 1 aliphatic carbocycles. The Labute approximate surface area is 130 Å². The molecule has 1 saturated carbocycles. The Morgan fingerprint density at radius 2 is 1.95 bits per heavy atom. The highest BCUT2D eigenvalue weighted by atomic mass is 32.2. The largest absolute Gasteiger partial charge is 0.497 e. The summed E-state index contributed by atoms with van der Waals surface area (Å²) >= 11 is 1.92. The molecular formula is C16H22N2O2S. The van der Waals surface area contributed by atoms with E-state index in [-0.39, 0.29) is 12.1 Å². The topological polar surface area (TPSA) is 41.6 Å². The zero-order valence-electron chi connectivity index (χ0n) is 12.4. The molecule has 4 nitrogen and oxygen atoms in total. The maximum absolute atomic E-state index is 12.4. The number of rotatable bonds is 4. The van der Waals surface area contributed by atoms with E-state index in [4.69, 9.17) is 4.74 Å². The number of hydrogen-bond donors (Lipinski definition) is 1. The first-order valence-corrected chi connectivity index (χ1v) is 8.70. The van der Waals surface area contributed by atoms with Crippen LogP contribution in [0.25, 0.3) is 0 Å². The van der Waals surface area contributed by atoms with Crippen LogP contribution in [0, 0.1) is 5.92 Å². The standard InChI is InChI=1S/C16H22N2O2S/c1-20-14-6-4-13(5-7-14)15(12-2-3-12)17-16(19)18-8-10-21-11-9-18/h4-7,12,15H,2-3,8-11H2,1H3,(H,17,19)/t15-/m0/s1. The van der Waals surface area contributed by atoms with Crippen molar-refractivity contribution in [3.05, 3.63) is 29.8 Å². The van der Waals surface area contributed by atoms with E-state index in [0.717, 1.165) is 30.3 Å². The molecule has 0 spiro atoms. The number of carbonyl (C=O) groups is 1. The lowest BCUT2D eigenvalue weighted by Crippen LogP contribution is -2.45. The molecule has 2 aliphatic rings. The van der Waals surface area contributed by atoms with Gasteiger partial charge in [0.1, 0.15) is 5.75 Å². The molecule has 1 N–H and O–H groups in total. The summed E-state index contributed by atoms with van der Waals surface area (Å²) in [4.78, 5) is 14.4. The number of methoxy groups -OCH3 is 1. The van der Waals surface area contributed by atoms with Crippen molar-refractivity contribution in [1.82, 2.24) is 10.2 Å². The van der Waals surface area contributed by atoms with Crippen LogP contribution in [0.15, 0.2) is 24.3 Å². The second kappa shape index (κ2) is 6.60. The average molecular weight is 306 g/mol. The average Bonchev–Trinajstić information content (AvgIpc) is 3.38. The first-order valence-electron chi connectivity index (χ1n) is 7.55. The molecule has 0 bridgehead atoms. The summed E-state index contributed by atoms with van der Waals surface area (Å²) in [6.07, 6.45) is 2.40. The van der Waals surface area contributed by atoms with Crippen LogP contribution in [0.4, 0.5) is 4.79 Å². The highest BCUT2D eigenvalue weighted by Crippen LogP contribution is 2.41. The third-order valence-corrected chi connectivity index (χ3v) is 5.09. The van der Waals surface area contributed by atoms with Gasteiger partial charge in [-0.2, -0.15) is 11.8 Å². The second-order valence-corrected chi connectivity index (χ2v) is 6.86. The summed E-state index contributed by atoms with van der Waals surface area (Å²) in [7, 11) is 1.67. The third kappa shape index (κ3) is 3.64. The lowest BCUT2D eigenvalue weighted by molar-refractivity contribution is 0.197. The summed E-state index contributed by atoms with van der Waals surface area (Å²) in [5.41, 5.74) is 1.18. The maximum Gasteiger partial charge on any atom is 0.317 e. The molecule has 1 heterocycles. The van der Waals surface area contributed by atoms with Crippen molar-refractivity contribution in [2.75, 3.05) is 31.7 Å². The molecule has 3 rings (SSSR count). The highest BCUT2D eigenvalue weighted by molar-refractivity contribution is 7.99. The molecule has 1 aromatic rings. The Morgan fingerprint density at radius 3 is 2.52 bits per heavy atom. The molecule has 2 amide bonds. The van der Waals surface area contributed by atoms with Crippen molar-refractivity contribution in [2.24, 2.45) is 5.92 Å². The van der Waals surface area contributed by atoms with Crippen LogP contribution in [0.5, 0.6) is 5.75 Å². The summed E-state index contributed by atoms with van der Waals surface area (Å²) in [5.74, 6) is 3.53. The number of benzene rings is 1. The van der Waals surface area contributed by atoms with Gasteiger partial charge in [-0.05, 0) is 36.5 Å². The lowest BCUT2D eigenvalue weighted by Gasteiger charge is -2.29. The minimum Gasteiger partial charge on any atom is -0.497 e. The smallest absolute Gasteiger partial charge is 0.317 e. The van der Waals surface area contributed by atoms with Gasteiger partial charge in [-0.15, -0.1) is 0 Å². The fourth-order valence-electron chi connectivity index (χ4n) is 2.70. The number of nitrogens with one attached hydrogen (secondary N) is 1. The van der Waals surface area contributed by atoms with Crippen LogP contribution in [-0.2, 0) is 0 Å². The molecule has 0 aromatic heterocycles. The van der Waals surface area contributed by atoms with Crippen LogP contribution in [0.1, 0.15) is 24.4 Å². The summed E-state index contributed by atoms with van der Waals surface area (Å²) in [5, 5.41) is 3.24. The van der Waals surface area contributed by atoms with Gasteiger partial charge < -0.3 is 15.0 Å². The Hall–Kier alpha value is -1.36. The molecule has 1 saturated heterocycles. The quantitative estimate of drug-likeness (QED) is 0.930. The van der Waals surface area contributed by atoms with E-state index in [1.165, 1.54) is 18.4 Å². The zero-order chi connectivity index (χ0) is 14.7. The minimum absolute atomic E-state index is 0.0861. The van der Waals surface area contributed by atoms with Crippen molar-refractivity contribution in [3.63, 3.8) is 0 Å². The number of urea groups is 1. The van der Waals surface area contributed by atoms with Crippen LogP contribution in [0.3, 0.4) is 0 Å². The van der Waals surface area contributed by atoms with E-state index in [1.54, 1.807) is 7.11 Å². The Kier molecular flexibility index (Phi) is 4.58. The van der Waals surface area contributed by atoms with E-state index < -0.39 is 0 Å². The molecule has 0 unspecified atom stereocenters. The van der Waals surface area contributed by atoms with E-state index in [9.17, 15) is 4.79 Å². The number of hydrogen-bond acceptors (Lipinski definition) is 3. The minimum atomic E-state index is 0.0861. The van der Waals surface area contributed by atoms with Crippen molar-refractivity contribution >= 4 is 17.8 Å². The third-order valence-electron chi connectivity index (χ3n) is 4.15. The number of nitrogens with zero attached hydrogens (tertiary/aromatic N) is 1. The van der Waals surface area contributed by atoms with Gasteiger partial charge >= 0.3 is 6.03 Å². The number of amides is 2. The maximum atomic E-state index is 12.4. The van der Waals surface area contributed by atoms with Gasteiger partial charge in [-0.3, -0.25) is 0 Å². The second-order valence-electron chi connectivity index (χ2n) is 5.64. The molecule has 21 heavy (non-hydrogen) atoms. The predicted octanol–water partition coefficient (Wildman–Crippen LogP) is 2.90. The number of ether oxygens (including phenoxy) is 1. The Bertz CT molecular complexity index is 482. The van der Waals surface area contributed by atoms with Crippen LogP contribution in [-0.4, -0.2) is 42.6 Å². The van der Waals surface area contributed by atoms with Gasteiger partial charge in [-0.25, -0.2) is 4.79 Å². The summed E-state index contributed by atoms with van der Waals surface area (Å²) in [6.45, 7) is 1.72. The monoisotopic (exact) mass is 306 g/mol. The molecule has 5 heteroatoms. The molecule has 1 atom stereocenters. The van der Waals surface area contributed by atoms with E-state index >= 15 is 0 Å². The summed E-state index contributed by atoms with van der Waals surface area (Å²) < 4.78 is 5.20. The molecule has 1 aromatic carbocycles. The predicted molar refractivity (Wildman–Crippen MR) is 85.9 cm³/mol. The fraction of sp³-hybridized carbons (Fsp3) is 0.562. The van der Waals surface area contributed by atoms with Crippen LogP contribution < -0.4 is 10.1 Å². The lowest BCUT2D eigenvalue weighted by atomic mass is 10.0. The zero-order valence-corrected chi connectivity index (χ0v) is 13.2. The van der Waals surface area contributed by atoms with E-state index in [2.05, 4.69) is 17.4 Å². The molecule has 0 radical (unpaired) electrons. The number of carbonyl (C=O) groups excluding carboxylic acids is 1. The van der Waals surface area contributed by atoms with Gasteiger partial charge in [0.05, 0.1) is 13.2 Å². The van der Waals surface area contributed by atoms with Gasteiger partial charge in [-0.1, -0.05) is 12.1 Å². The van der Waals surface area contributed by atoms with Gasteiger partial charge in [0.15, 0.2) is 0 Å². The van der Waals surface area contributed by atoms with Gasteiger partial charge in [0.2, 0.25) is 0 Å². The normalized spacial score (nSPS) is 20.0. The molecular weight excluding hydrogens is 284 g/mol. The van der Waals surface area contributed by atoms with Gasteiger partial charge in [0, 0.05) is 24.6 Å². The Balaban J connectivity index is 1.67. The van der Waals surface area contributed by atoms with Crippen molar-refractivity contribution in [2.45, 2.75) is 18.9 Å². The van der Waals surface area contributed by atoms with Crippen molar-refractivity contribution in [3.8, 4) is 5.75 Å². The van der Waals surface area contributed by atoms with Gasteiger partial charge in [0.25, 0.3) is 0 Å². The van der Waals surface area contributed by atoms with Crippen LogP contribution in [0.2, 0.25) is 0 Å². The molecule has 2 fully saturated rings.